The maximum atomic E-state index is 12.7. The molecule has 0 aliphatic carbocycles. The molecule has 0 bridgehead atoms. The molecular formula is C15H19N5O6S2. The smallest absolute Gasteiger partial charge is 0.278 e. The Morgan fingerprint density at radius 3 is 2.25 bits per heavy atom. The van der Waals surface area contributed by atoms with Gasteiger partial charge < -0.3 is 0 Å². The van der Waals surface area contributed by atoms with Crippen LogP contribution >= 0.6 is 0 Å². The number of amides is 1. The Kier molecular flexibility index (Phi) is 5.91. The second-order valence-electron chi connectivity index (χ2n) is 5.76. The van der Waals surface area contributed by atoms with Crippen LogP contribution in [0.3, 0.4) is 0 Å². The van der Waals surface area contributed by atoms with Crippen molar-refractivity contribution in [3.8, 4) is 0 Å². The summed E-state index contributed by atoms with van der Waals surface area (Å²) in [4.78, 5) is 23.3. The van der Waals surface area contributed by atoms with Crippen LogP contribution in [0, 0.1) is 0 Å². The van der Waals surface area contributed by atoms with E-state index >= 15 is 0 Å². The topological polar surface area (TPSA) is 140 Å². The van der Waals surface area contributed by atoms with E-state index < -0.39 is 41.6 Å². The third-order valence-electron chi connectivity index (χ3n) is 3.64. The quantitative estimate of drug-likeness (QED) is 0.695. The molecule has 11 nitrogen and oxygen atoms in total. The van der Waals surface area contributed by atoms with Crippen molar-refractivity contribution in [3.63, 3.8) is 0 Å². The van der Waals surface area contributed by atoms with E-state index in [-0.39, 0.29) is 5.82 Å². The molecule has 0 saturated carbocycles. The second kappa shape index (κ2) is 7.69. The molecular weight excluding hydrogens is 410 g/mol. The summed E-state index contributed by atoms with van der Waals surface area (Å²) in [5.41, 5.74) is -0.866. The van der Waals surface area contributed by atoms with Gasteiger partial charge in [-0.05, 0) is 25.1 Å². The molecule has 1 amide bonds. The molecule has 13 heteroatoms. The highest BCUT2D eigenvalue weighted by Gasteiger charge is 2.30. The molecule has 1 N–H and O–H groups in total. The first-order chi connectivity index (χ1) is 12.9. The van der Waals surface area contributed by atoms with Gasteiger partial charge in [-0.15, -0.1) is 9.78 Å². The molecule has 2 aromatic rings. The number of hydrogen-bond acceptors (Lipinski definition) is 7. The molecule has 152 valence electrons. The van der Waals surface area contributed by atoms with Crippen LogP contribution < -0.4 is 10.4 Å². The van der Waals surface area contributed by atoms with Crippen molar-refractivity contribution in [2.45, 2.75) is 16.7 Å². The molecule has 0 aliphatic heterocycles. The maximum absolute atomic E-state index is 12.7. The lowest BCUT2D eigenvalue weighted by Crippen LogP contribution is -2.41. The number of benzene rings is 1. The minimum absolute atomic E-state index is 0.135. The van der Waals surface area contributed by atoms with Crippen LogP contribution in [0.4, 0.5) is 4.79 Å². The summed E-state index contributed by atoms with van der Waals surface area (Å²) in [6, 6.07) is 3.46. The molecule has 0 fully saturated rings. The minimum atomic E-state index is -4.62. The number of carbonyl (C=O) groups excluding carboxylic acids is 1. The van der Waals surface area contributed by atoms with Crippen LogP contribution in [0.25, 0.3) is 6.08 Å². The fourth-order valence-corrected chi connectivity index (χ4v) is 4.80. The average Bonchev–Trinajstić information content (AvgIpc) is 2.90. The third-order valence-corrected chi connectivity index (χ3v) is 7.02. The molecule has 1 aromatic carbocycles. The van der Waals surface area contributed by atoms with Crippen molar-refractivity contribution in [3.05, 3.63) is 46.7 Å². The zero-order chi connectivity index (χ0) is 21.3. The van der Waals surface area contributed by atoms with Crippen LogP contribution in [0.15, 0.2) is 44.9 Å². The molecule has 2 rings (SSSR count). The molecule has 0 spiro atoms. The molecule has 1 aromatic heterocycles. The predicted molar refractivity (Wildman–Crippen MR) is 101 cm³/mol. The Morgan fingerprint density at radius 2 is 1.71 bits per heavy atom. The van der Waals surface area contributed by atoms with Gasteiger partial charge in [0, 0.05) is 21.1 Å². The minimum Gasteiger partial charge on any atom is -0.278 e. The van der Waals surface area contributed by atoms with Crippen LogP contribution in [-0.2, 0) is 27.1 Å². The summed E-state index contributed by atoms with van der Waals surface area (Å²) in [6.07, 6.45) is 3.04. The van der Waals surface area contributed by atoms with E-state index in [1.807, 2.05) is 0 Å². The van der Waals surface area contributed by atoms with Gasteiger partial charge in [0.05, 0.1) is 0 Å². The Morgan fingerprint density at radius 1 is 1.14 bits per heavy atom. The van der Waals surface area contributed by atoms with Gasteiger partial charge in [-0.3, -0.25) is 4.57 Å². The van der Waals surface area contributed by atoms with Crippen molar-refractivity contribution >= 4 is 32.2 Å². The Hall–Kier alpha value is -2.77. The molecule has 28 heavy (non-hydrogen) atoms. The maximum Gasteiger partial charge on any atom is 0.360 e. The fraction of sp³-hybridized carbons (Fsp3) is 0.267. The molecule has 0 atom stereocenters. The fourth-order valence-electron chi connectivity index (χ4n) is 2.17. The number of aromatic nitrogens is 3. The van der Waals surface area contributed by atoms with Crippen molar-refractivity contribution in [2.75, 3.05) is 14.1 Å². The van der Waals surface area contributed by atoms with Crippen molar-refractivity contribution < 1.29 is 21.6 Å². The molecule has 0 radical (unpaired) electrons. The summed E-state index contributed by atoms with van der Waals surface area (Å²) in [5, 5.41) is 3.75. The standard InChI is InChI=1S/C15H19N5O6S2/c1-5-8-13-16-20(15(22)19(13)4)14(21)17-27(23,24)11-9-6-7-10-12(11)28(25,26)18(2)3/h5-10H,1-4H3,(H,17,21). The Balaban J connectivity index is 2.51. The number of rotatable bonds is 5. The Bertz CT molecular complexity index is 1210. The van der Waals surface area contributed by atoms with Crippen LogP contribution in [-0.4, -0.2) is 55.6 Å². The van der Waals surface area contributed by atoms with Gasteiger partial charge in [0.15, 0.2) is 5.82 Å². The first-order valence-electron chi connectivity index (χ1n) is 7.81. The highest BCUT2D eigenvalue weighted by Crippen LogP contribution is 2.22. The highest BCUT2D eigenvalue weighted by molar-refractivity contribution is 7.92. The number of nitrogens with one attached hydrogen (secondary N) is 1. The van der Waals surface area contributed by atoms with E-state index in [0.717, 1.165) is 21.0 Å². The Labute approximate surface area is 162 Å². The van der Waals surface area contributed by atoms with E-state index in [1.165, 1.54) is 39.4 Å². The van der Waals surface area contributed by atoms with Gasteiger partial charge in [0.25, 0.3) is 10.0 Å². The van der Waals surface area contributed by atoms with E-state index in [4.69, 9.17) is 0 Å². The van der Waals surface area contributed by atoms with Gasteiger partial charge in [-0.2, -0.15) is 0 Å². The highest BCUT2D eigenvalue weighted by atomic mass is 32.2. The first kappa shape index (κ1) is 21.5. The second-order valence-corrected chi connectivity index (χ2v) is 9.53. The molecule has 1 heterocycles. The zero-order valence-corrected chi connectivity index (χ0v) is 17.2. The number of allylic oxidation sites excluding steroid dienone is 1. The number of carbonyl (C=O) groups is 1. The zero-order valence-electron chi connectivity index (χ0n) is 15.5. The van der Waals surface area contributed by atoms with E-state index in [2.05, 4.69) is 5.10 Å². The predicted octanol–water partition coefficient (Wildman–Crippen LogP) is -0.188. The summed E-state index contributed by atoms with van der Waals surface area (Å²) in [6.45, 7) is 1.68. The van der Waals surface area contributed by atoms with Gasteiger partial charge in [-0.25, -0.2) is 35.5 Å². The monoisotopic (exact) mass is 429 g/mol. The summed E-state index contributed by atoms with van der Waals surface area (Å²) in [7, 11) is -4.87. The number of hydrogen-bond donors (Lipinski definition) is 1. The molecule has 0 saturated heterocycles. The van der Waals surface area contributed by atoms with Crippen molar-refractivity contribution in [1.29, 1.82) is 0 Å². The van der Waals surface area contributed by atoms with E-state index in [0.29, 0.717) is 4.68 Å². The summed E-state index contributed by atoms with van der Waals surface area (Å²) in [5.74, 6) is 0.135. The van der Waals surface area contributed by atoms with Crippen LogP contribution in [0.5, 0.6) is 0 Å². The average molecular weight is 429 g/mol. The van der Waals surface area contributed by atoms with Crippen molar-refractivity contribution in [2.24, 2.45) is 7.05 Å². The van der Waals surface area contributed by atoms with E-state index in [9.17, 15) is 26.4 Å². The van der Waals surface area contributed by atoms with Crippen LogP contribution in [0.1, 0.15) is 12.7 Å². The first-order valence-corrected chi connectivity index (χ1v) is 10.7. The largest absolute Gasteiger partial charge is 0.360 e. The lowest BCUT2D eigenvalue weighted by molar-refractivity contribution is 0.243. The summed E-state index contributed by atoms with van der Waals surface area (Å²) < 4.78 is 54.0. The number of nitrogens with zero attached hydrogens (tertiary/aromatic N) is 4. The summed E-state index contributed by atoms with van der Waals surface area (Å²) >= 11 is 0. The van der Waals surface area contributed by atoms with Gasteiger partial charge >= 0.3 is 11.7 Å². The van der Waals surface area contributed by atoms with Gasteiger partial charge in [0.2, 0.25) is 10.0 Å². The lowest BCUT2D eigenvalue weighted by atomic mass is 10.4. The SMILES string of the molecule is CC=Cc1nn(C(=O)NS(=O)(=O)c2ccccc2S(=O)(=O)N(C)C)c(=O)n1C. The van der Waals surface area contributed by atoms with Crippen molar-refractivity contribution in [1.82, 2.24) is 23.4 Å². The van der Waals surface area contributed by atoms with E-state index in [1.54, 1.807) is 17.7 Å². The normalized spacial score (nSPS) is 12.6. The lowest BCUT2D eigenvalue weighted by Gasteiger charge is -2.15. The molecule has 0 aliphatic rings. The van der Waals surface area contributed by atoms with Gasteiger partial charge in [0.1, 0.15) is 9.79 Å². The molecule has 0 unspecified atom stereocenters. The van der Waals surface area contributed by atoms with Gasteiger partial charge in [-0.1, -0.05) is 18.2 Å². The van der Waals surface area contributed by atoms with Crippen LogP contribution in [0.2, 0.25) is 0 Å². The third kappa shape index (κ3) is 3.90. The number of sulfonamides is 2.